The Morgan fingerprint density at radius 3 is 2.34 bits per heavy atom. The monoisotopic (exact) mass is 536 g/mol. The molecule has 0 bridgehead atoms. The minimum atomic E-state index is -0.658. The lowest BCUT2D eigenvalue weighted by Gasteiger charge is -2.32. The van der Waals surface area contributed by atoms with E-state index in [1.165, 1.54) is 0 Å². The highest BCUT2D eigenvalue weighted by molar-refractivity contribution is 9.10. The van der Waals surface area contributed by atoms with Crippen molar-refractivity contribution in [3.63, 3.8) is 0 Å². The highest BCUT2D eigenvalue weighted by atomic mass is 79.9. The van der Waals surface area contributed by atoms with Crippen LogP contribution in [0.25, 0.3) is 0 Å². The van der Waals surface area contributed by atoms with Crippen LogP contribution in [0.2, 0.25) is 0 Å². The molecule has 0 aliphatic rings. The number of carbonyl (C=O) groups excluding carboxylic acids is 2. The third-order valence-corrected chi connectivity index (χ3v) is 6.41. The van der Waals surface area contributed by atoms with Gasteiger partial charge in [-0.15, -0.1) is 0 Å². The molecule has 0 aliphatic carbocycles. The van der Waals surface area contributed by atoms with Crippen LogP contribution in [0.4, 0.5) is 0 Å². The Morgan fingerprint density at radius 1 is 0.971 bits per heavy atom. The van der Waals surface area contributed by atoms with Crippen molar-refractivity contribution in [2.75, 3.05) is 13.2 Å². The molecule has 0 aromatic heterocycles. The zero-order chi connectivity index (χ0) is 25.0. The van der Waals surface area contributed by atoms with Crippen LogP contribution in [0.15, 0.2) is 83.3 Å². The summed E-state index contributed by atoms with van der Waals surface area (Å²) < 4.78 is 6.74. The first-order valence-corrected chi connectivity index (χ1v) is 12.8. The highest BCUT2D eigenvalue weighted by Crippen LogP contribution is 2.19. The fraction of sp³-hybridized carbons (Fsp3) is 0.310. The van der Waals surface area contributed by atoms with Gasteiger partial charge in [0.1, 0.15) is 11.8 Å². The number of carbonyl (C=O) groups is 2. The normalized spacial score (nSPS) is 11.5. The zero-order valence-corrected chi connectivity index (χ0v) is 22.0. The molecule has 0 aliphatic heterocycles. The summed E-state index contributed by atoms with van der Waals surface area (Å²) in [5.74, 6) is 0.222. The Morgan fingerprint density at radius 2 is 1.66 bits per heavy atom. The van der Waals surface area contributed by atoms with E-state index in [0.29, 0.717) is 25.3 Å². The molecule has 5 nitrogen and oxygen atoms in total. The van der Waals surface area contributed by atoms with Crippen molar-refractivity contribution in [3.8, 4) is 5.75 Å². The van der Waals surface area contributed by atoms with E-state index in [9.17, 15) is 9.59 Å². The van der Waals surface area contributed by atoms with Gasteiger partial charge in [-0.2, -0.15) is 0 Å². The highest BCUT2D eigenvalue weighted by Gasteiger charge is 2.30. The van der Waals surface area contributed by atoms with E-state index < -0.39 is 6.04 Å². The summed E-state index contributed by atoms with van der Waals surface area (Å²) in [6, 6.07) is 24.5. The molecule has 35 heavy (non-hydrogen) atoms. The lowest BCUT2D eigenvalue weighted by molar-refractivity contribution is -0.142. The molecule has 184 valence electrons. The van der Waals surface area contributed by atoms with Crippen molar-refractivity contribution < 1.29 is 14.3 Å². The first kappa shape index (κ1) is 26.5. The molecule has 6 heteroatoms. The molecule has 0 unspecified atom stereocenters. The molecule has 0 spiro atoms. The van der Waals surface area contributed by atoms with Crippen molar-refractivity contribution in [1.29, 1.82) is 0 Å². The maximum Gasteiger partial charge on any atom is 0.261 e. The van der Waals surface area contributed by atoms with E-state index in [-0.39, 0.29) is 18.4 Å². The Labute approximate surface area is 216 Å². The number of hydrogen-bond donors (Lipinski definition) is 1. The Bertz CT molecular complexity index is 1090. The predicted octanol–water partition coefficient (Wildman–Crippen LogP) is 5.69. The molecular weight excluding hydrogens is 504 g/mol. The standard InChI is InChI=1S/C29H33BrN2O3/c1-3-4-18-31-29(34)27(19-23-11-6-5-7-12-23)32(20-24-13-9-8-10-22(24)2)28(33)21-35-26-16-14-25(30)15-17-26/h5-17,27H,3-4,18-21H2,1-2H3,(H,31,34)/t27-/m1/s1. The second-order valence-corrected chi connectivity index (χ2v) is 9.46. The number of rotatable bonds is 12. The lowest BCUT2D eigenvalue weighted by Crippen LogP contribution is -2.52. The second-order valence-electron chi connectivity index (χ2n) is 8.54. The minimum Gasteiger partial charge on any atom is -0.484 e. The number of nitrogens with one attached hydrogen (secondary N) is 1. The molecule has 3 aromatic rings. The molecule has 0 saturated carbocycles. The number of benzene rings is 3. The van der Waals surface area contributed by atoms with Crippen molar-refractivity contribution >= 4 is 27.7 Å². The fourth-order valence-electron chi connectivity index (χ4n) is 3.79. The van der Waals surface area contributed by atoms with Gasteiger partial charge in [-0.05, 0) is 54.3 Å². The van der Waals surface area contributed by atoms with Crippen LogP contribution in [0.3, 0.4) is 0 Å². The zero-order valence-electron chi connectivity index (χ0n) is 20.4. The SMILES string of the molecule is CCCCNC(=O)[C@@H](Cc1ccccc1)N(Cc1ccccc1C)C(=O)COc1ccc(Br)cc1. The molecule has 0 fully saturated rings. The van der Waals surface area contributed by atoms with E-state index in [1.807, 2.05) is 85.8 Å². The summed E-state index contributed by atoms with van der Waals surface area (Å²) in [4.78, 5) is 28.6. The first-order chi connectivity index (χ1) is 17.0. The van der Waals surface area contributed by atoms with Crippen molar-refractivity contribution in [2.24, 2.45) is 0 Å². The third-order valence-electron chi connectivity index (χ3n) is 5.88. The molecule has 1 atom stereocenters. The number of amides is 2. The van der Waals surface area contributed by atoms with Gasteiger partial charge in [0.15, 0.2) is 6.61 Å². The predicted molar refractivity (Wildman–Crippen MR) is 143 cm³/mol. The van der Waals surface area contributed by atoms with Crippen molar-refractivity contribution in [1.82, 2.24) is 10.2 Å². The van der Waals surface area contributed by atoms with Crippen molar-refractivity contribution in [2.45, 2.75) is 45.7 Å². The summed E-state index contributed by atoms with van der Waals surface area (Å²) in [6.45, 7) is 4.86. The van der Waals surface area contributed by atoms with Gasteiger partial charge in [0, 0.05) is 24.0 Å². The van der Waals surface area contributed by atoms with Gasteiger partial charge < -0.3 is 15.0 Å². The molecule has 3 rings (SSSR count). The topological polar surface area (TPSA) is 58.6 Å². The van der Waals surface area contributed by atoms with E-state index in [0.717, 1.165) is 34.0 Å². The van der Waals surface area contributed by atoms with E-state index in [1.54, 1.807) is 4.90 Å². The van der Waals surface area contributed by atoms with Gasteiger partial charge >= 0.3 is 0 Å². The third kappa shape index (κ3) is 8.25. The lowest BCUT2D eigenvalue weighted by atomic mass is 10.0. The average molecular weight is 537 g/mol. The maximum absolute atomic E-state index is 13.6. The number of nitrogens with zero attached hydrogens (tertiary/aromatic N) is 1. The number of hydrogen-bond acceptors (Lipinski definition) is 3. The van der Waals surface area contributed by atoms with Gasteiger partial charge in [0.05, 0.1) is 0 Å². The summed E-state index contributed by atoms with van der Waals surface area (Å²) in [5.41, 5.74) is 3.08. The van der Waals surface area contributed by atoms with Crippen molar-refractivity contribution in [3.05, 3.63) is 100 Å². The number of ether oxygens (including phenoxy) is 1. The summed E-state index contributed by atoms with van der Waals surface area (Å²) in [5, 5.41) is 3.04. The molecule has 0 radical (unpaired) electrons. The average Bonchev–Trinajstić information content (AvgIpc) is 2.87. The number of halogens is 1. The second kappa shape index (κ2) is 13.7. The van der Waals surface area contributed by atoms with Gasteiger partial charge in [0.2, 0.25) is 5.91 Å². The number of unbranched alkanes of at least 4 members (excludes halogenated alkanes) is 1. The fourth-order valence-corrected chi connectivity index (χ4v) is 4.05. The van der Waals surface area contributed by atoms with Crippen LogP contribution >= 0.6 is 15.9 Å². The summed E-state index contributed by atoms with van der Waals surface area (Å²) >= 11 is 3.41. The van der Waals surface area contributed by atoms with Crippen LogP contribution in [-0.4, -0.2) is 35.9 Å². The van der Waals surface area contributed by atoms with Gasteiger partial charge in [0.25, 0.3) is 5.91 Å². The first-order valence-electron chi connectivity index (χ1n) is 12.0. The van der Waals surface area contributed by atoms with Gasteiger partial charge in [-0.3, -0.25) is 9.59 Å². The molecule has 3 aromatic carbocycles. The molecule has 0 heterocycles. The molecule has 0 saturated heterocycles. The van der Waals surface area contributed by atoms with E-state index in [4.69, 9.17) is 4.74 Å². The van der Waals surface area contributed by atoms with Crippen LogP contribution < -0.4 is 10.1 Å². The van der Waals surface area contributed by atoms with Gasteiger partial charge in [-0.25, -0.2) is 0 Å². The Kier molecular flexibility index (Phi) is 10.4. The largest absolute Gasteiger partial charge is 0.484 e. The Balaban J connectivity index is 1.88. The van der Waals surface area contributed by atoms with Crippen LogP contribution in [-0.2, 0) is 22.6 Å². The Hall–Kier alpha value is -3.12. The minimum absolute atomic E-state index is 0.145. The molecular formula is C29H33BrN2O3. The van der Waals surface area contributed by atoms with Crippen LogP contribution in [0.5, 0.6) is 5.75 Å². The van der Waals surface area contributed by atoms with E-state index >= 15 is 0 Å². The molecule has 2 amide bonds. The summed E-state index contributed by atoms with van der Waals surface area (Å²) in [6.07, 6.45) is 2.30. The van der Waals surface area contributed by atoms with Crippen LogP contribution in [0.1, 0.15) is 36.5 Å². The summed E-state index contributed by atoms with van der Waals surface area (Å²) in [7, 11) is 0. The maximum atomic E-state index is 13.6. The quantitative estimate of drug-likeness (QED) is 0.302. The van der Waals surface area contributed by atoms with E-state index in [2.05, 4.69) is 28.2 Å². The van der Waals surface area contributed by atoms with Crippen LogP contribution in [0, 0.1) is 6.92 Å². The number of aryl methyl sites for hydroxylation is 1. The smallest absolute Gasteiger partial charge is 0.261 e. The molecule has 1 N–H and O–H groups in total. The van der Waals surface area contributed by atoms with Gasteiger partial charge in [-0.1, -0.05) is 83.9 Å².